The van der Waals surface area contributed by atoms with Gasteiger partial charge in [0.25, 0.3) is 0 Å². The lowest BCUT2D eigenvalue weighted by atomic mass is 9.86. The maximum atomic E-state index is 12.7. The minimum Gasteiger partial charge on any atom is -0.312 e. The van der Waals surface area contributed by atoms with Crippen LogP contribution in [-0.4, -0.2) is 23.0 Å². The van der Waals surface area contributed by atoms with Crippen LogP contribution in [0.5, 0.6) is 0 Å². The summed E-state index contributed by atoms with van der Waals surface area (Å²) >= 11 is 0. The van der Waals surface area contributed by atoms with Crippen molar-refractivity contribution in [3.63, 3.8) is 0 Å². The van der Waals surface area contributed by atoms with Crippen molar-refractivity contribution in [1.82, 2.24) is 5.06 Å². The van der Waals surface area contributed by atoms with E-state index in [1.54, 1.807) is 30.3 Å². The molecule has 1 aliphatic heterocycles. The van der Waals surface area contributed by atoms with Gasteiger partial charge in [-0.15, -0.1) is 0 Å². The van der Waals surface area contributed by atoms with Gasteiger partial charge in [-0.05, 0) is 12.0 Å². The number of rotatable bonds is 1. The fraction of sp³-hybridized carbons (Fsp3) is 0.417. The Labute approximate surface area is 102 Å². The third-order valence-corrected chi connectivity index (χ3v) is 3.27. The fourth-order valence-corrected chi connectivity index (χ4v) is 2.26. The lowest BCUT2D eigenvalue weighted by Crippen LogP contribution is -2.37. The van der Waals surface area contributed by atoms with Crippen LogP contribution in [0.1, 0.15) is 12.0 Å². The highest BCUT2D eigenvalue weighted by Crippen LogP contribution is 2.45. The minimum absolute atomic E-state index is 0.377. The SMILES string of the molecule is N#C[C@]1(c2ccccc2)C[C@@H](C(F)(F)F)CN1O. The van der Waals surface area contributed by atoms with Crippen LogP contribution in [-0.2, 0) is 5.54 Å². The smallest absolute Gasteiger partial charge is 0.312 e. The Morgan fingerprint density at radius 3 is 2.39 bits per heavy atom. The van der Waals surface area contributed by atoms with Crippen LogP contribution in [0.2, 0.25) is 0 Å². The molecule has 2 rings (SSSR count). The van der Waals surface area contributed by atoms with Crippen molar-refractivity contribution in [2.24, 2.45) is 5.92 Å². The number of nitrogens with zero attached hydrogens (tertiary/aromatic N) is 2. The Kier molecular flexibility index (Phi) is 3.05. The summed E-state index contributed by atoms with van der Waals surface area (Å²) in [6, 6.07) is 9.87. The van der Waals surface area contributed by atoms with Gasteiger partial charge in [0.1, 0.15) is 0 Å². The first-order chi connectivity index (χ1) is 8.40. The Bertz CT molecular complexity index is 468. The largest absolute Gasteiger partial charge is 0.393 e. The van der Waals surface area contributed by atoms with Crippen molar-refractivity contribution in [1.29, 1.82) is 5.26 Å². The number of halogens is 3. The monoisotopic (exact) mass is 256 g/mol. The third kappa shape index (κ3) is 1.96. The molecule has 0 unspecified atom stereocenters. The zero-order valence-electron chi connectivity index (χ0n) is 9.35. The van der Waals surface area contributed by atoms with Crippen molar-refractivity contribution in [2.75, 3.05) is 6.54 Å². The molecule has 0 radical (unpaired) electrons. The highest BCUT2D eigenvalue weighted by atomic mass is 19.4. The Morgan fingerprint density at radius 1 is 1.33 bits per heavy atom. The predicted molar refractivity (Wildman–Crippen MR) is 56.4 cm³/mol. The molecule has 1 heterocycles. The molecule has 2 atom stereocenters. The number of alkyl halides is 3. The maximum absolute atomic E-state index is 12.7. The van der Waals surface area contributed by atoms with Gasteiger partial charge in [0, 0.05) is 6.54 Å². The van der Waals surface area contributed by atoms with Crippen LogP contribution in [0.3, 0.4) is 0 Å². The summed E-state index contributed by atoms with van der Waals surface area (Å²) in [7, 11) is 0. The molecule has 1 saturated heterocycles. The third-order valence-electron chi connectivity index (χ3n) is 3.27. The molecule has 3 nitrogen and oxygen atoms in total. The van der Waals surface area contributed by atoms with Crippen LogP contribution in [0.15, 0.2) is 30.3 Å². The molecule has 96 valence electrons. The second kappa shape index (κ2) is 4.26. The molecular formula is C12H11F3N2O. The summed E-state index contributed by atoms with van der Waals surface area (Å²) in [5, 5.41) is 19.4. The van der Waals surface area contributed by atoms with Gasteiger partial charge in [-0.3, -0.25) is 0 Å². The maximum Gasteiger partial charge on any atom is 0.393 e. The number of benzene rings is 1. The lowest BCUT2D eigenvalue weighted by Gasteiger charge is -2.27. The van der Waals surface area contributed by atoms with Crippen LogP contribution < -0.4 is 0 Å². The van der Waals surface area contributed by atoms with E-state index in [9.17, 15) is 23.6 Å². The highest BCUT2D eigenvalue weighted by molar-refractivity contribution is 5.32. The molecule has 0 saturated carbocycles. The van der Waals surface area contributed by atoms with Crippen LogP contribution in [0.4, 0.5) is 13.2 Å². The zero-order valence-corrected chi connectivity index (χ0v) is 9.35. The van der Waals surface area contributed by atoms with Gasteiger partial charge in [-0.25, -0.2) is 0 Å². The molecule has 6 heteroatoms. The van der Waals surface area contributed by atoms with Crippen molar-refractivity contribution < 1.29 is 18.4 Å². The molecule has 1 aromatic carbocycles. The van der Waals surface area contributed by atoms with Gasteiger partial charge < -0.3 is 5.21 Å². The van der Waals surface area contributed by atoms with Crippen LogP contribution >= 0.6 is 0 Å². The molecule has 18 heavy (non-hydrogen) atoms. The summed E-state index contributed by atoms with van der Waals surface area (Å²) < 4.78 is 38.0. The Balaban J connectivity index is 2.39. The van der Waals surface area contributed by atoms with Gasteiger partial charge in [-0.1, -0.05) is 30.3 Å². The van der Waals surface area contributed by atoms with E-state index >= 15 is 0 Å². The first-order valence-corrected chi connectivity index (χ1v) is 5.40. The fourth-order valence-electron chi connectivity index (χ4n) is 2.26. The Hall–Kier alpha value is -1.58. The van der Waals surface area contributed by atoms with Crippen LogP contribution in [0, 0.1) is 17.2 Å². The average Bonchev–Trinajstić information content (AvgIpc) is 2.68. The van der Waals surface area contributed by atoms with E-state index in [1.807, 2.05) is 6.07 Å². The van der Waals surface area contributed by atoms with E-state index in [0.29, 0.717) is 10.6 Å². The van der Waals surface area contributed by atoms with E-state index in [1.165, 1.54) is 0 Å². The average molecular weight is 256 g/mol. The Morgan fingerprint density at radius 2 is 1.94 bits per heavy atom. The standard InChI is InChI=1S/C12H11F3N2O/c13-12(14,15)10-6-11(8-16,17(18)7-10)9-4-2-1-3-5-9/h1-5,10,18H,6-7H2/t10-,11+/m1/s1. The predicted octanol–water partition coefficient (Wildman–Crippen LogP) is 2.68. The minimum atomic E-state index is -4.41. The van der Waals surface area contributed by atoms with Crippen molar-refractivity contribution in [3.8, 4) is 6.07 Å². The molecule has 1 fully saturated rings. The van der Waals surface area contributed by atoms with Gasteiger partial charge in [-0.2, -0.15) is 23.5 Å². The van der Waals surface area contributed by atoms with Gasteiger partial charge >= 0.3 is 6.18 Å². The summed E-state index contributed by atoms with van der Waals surface area (Å²) in [6.07, 6.45) is -4.86. The molecule has 0 spiro atoms. The molecule has 1 N–H and O–H groups in total. The first-order valence-electron chi connectivity index (χ1n) is 5.40. The topological polar surface area (TPSA) is 47.3 Å². The number of nitriles is 1. The highest BCUT2D eigenvalue weighted by Gasteiger charge is 2.55. The summed E-state index contributed by atoms with van der Waals surface area (Å²) in [5.74, 6) is -1.69. The number of hydroxylamine groups is 2. The van der Waals surface area contributed by atoms with Crippen molar-refractivity contribution >= 4 is 0 Å². The number of hydrogen-bond acceptors (Lipinski definition) is 3. The lowest BCUT2D eigenvalue weighted by molar-refractivity contribution is -0.182. The molecule has 0 aromatic heterocycles. The summed E-state index contributed by atoms with van der Waals surface area (Å²) in [4.78, 5) is 0. The van der Waals surface area contributed by atoms with E-state index in [-0.39, 0.29) is 0 Å². The summed E-state index contributed by atoms with van der Waals surface area (Å²) in [6.45, 7) is -0.577. The van der Waals surface area contributed by atoms with E-state index in [4.69, 9.17) is 0 Å². The molecule has 1 aromatic rings. The molecule has 0 amide bonds. The normalized spacial score (nSPS) is 29.2. The van der Waals surface area contributed by atoms with Gasteiger partial charge in [0.2, 0.25) is 0 Å². The second-order valence-electron chi connectivity index (χ2n) is 4.36. The van der Waals surface area contributed by atoms with Crippen molar-refractivity contribution in [3.05, 3.63) is 35.9 Å². The molecule has 0 bridgehead atoms. The van der Waals surface area contributed by atoms with E-state index < -0.39 is 30.6 Å². The molecular weight excluding hydrogens is 245 g/mol. The van der Waals surface area contributed by atoms with Crippen molar-refractivity contribution in [2.45, 2.75) is 18.1 Å². The number of hydrogen-bond donors (Lipinski definition) is 1. The van der Waals surface area contributed by atoms with Crippen LogP contribution in [0.25, 0.3) is 0 Å². The molecule has 0 aliphatic carbocycles. The van der Waals surface area contributed by atoms with E-state index in [2.05, 4.69) is 0 Å². The van der Waals surface area contributed by atoms with Gasteiger partial charge in [0.15, 0.2) is 5.54 Å². The zero-order chi connectivity index (χ0) is 13.4. The first kappa shape index (κ1) is 12.9. The van der Waals surface area contributed by atoms with Gasteiger partial charge in [0.05, 0.1) is 12.0 Å². The van der Waals surface area contributed by atoms with E-state index in [0.717, 1.165) is 0 Å². The second-order valence-corrected chi connectivity index (χ2v) is 4.36. The summed E-state index contributed by atoms with van der Waals surface area (Å²) in [5.41, 5.74) is -1.23. The quantitative estimate of drug-likeness (QED) is 0.840. The molecule has 1 aliphatic rings.